The van der Waals surface area contributed by atoms with Gasteiger partial charge in [0.2, 0.25) is 5.91 Å². The Balaban J connectivity index is 2.23. The molecule has 5 heteroatoms. The number of rotatable bonds is 9. The van der Waals surface area contributed by atoms with Crippen LogP contribution < -0.4 is 5.32 Å². The number of benzene rings is 1. The molecule has 0 unspecified atom stereocenters. The quantitative estimate of drug-likeness (QED) is 0.570. The maximum Gasteiger partial charge on any atom is 0.234 e. The molecule has 0 bridgehead atoms. The molecule has 0 spiro atoms. The van der Waals surface area contributed by atoms with E-state index in [1.807, 2.05) is 30.3 Å². The van der Waals surface area contributed by atoms with Gasteiger partial charge >= 0.3 is 0 Å². The summed E-state index contributed by atoms with van der Waals surface area (Å²) in [6.45, 7) is 1.55. The number of aliphatic hydroxyl groups excluding tert-OH is 2. The maximum atomic E-state index is 11.7. The molecule has 1 rings (SSSR count). The second kappa shape index (κ2) is 9.49. The molecule has 0 aliphatic heterocycles. The zero-order valence-electron chi connectivity index (χ0n) is 11.1. The Kier molecular flexibility index (Phi) is 7.81. The summed E-state index contributed by atoms with van der Waals surface area (Å²) >= 11 is 0. The first-order valence-electron chi connectivity index (χ1n) is 6.51. The lowest BCUT2D eigenvalue weighted by Crippen LogP contribution is -2.40. The molecule has 0 aromatic heterocycles. The van der Waals surface area contributed by atoms with Gasteiger partial charge in [0.15, 0.2) is 0 Å². The van der Waals surface area contributed by atoms with Crippen LogP contribution in [0.1, 0.15) is 5.56 Å². The molecule has 0 heterocycles. The molecule has 0 saturated heterocycles. The minimum Gasteiger partial charge on any atom is -0.395 e. The van der Waals surface area contributed by atoms with E-state index in [2.05, 4.69) is 5.32 Å². The van der Waals surface area contributed by atoms with E-state index < -0.39 is 0 Å². The third-order valence-corrected chi connectivity index (χ3v) is 2.78. The van der Waals surface area contributed by atoms with Gasteiger partial charge in [0.05, 0.1) is 19.8 Å². The predicted octanol–water partition coefficient (Wildman–Crippen LogP) is -0.368. The van der Waals surface area contributed by atoms with Crippen LogP contribution in [0.25, 0.3) is 0 Å². The topological polar surface area (TPSA) is 72.8 Å². The van der Waals surface area contributed by atoms with Crippen LogP contribution in [0.2, 0.25) is 0 Å². The first-order valence-corrected chi connectivity index (χ1v) is 6.51. The molecular weight excluding hydrogens is 244 g/mol. The van der Waals surface area contributed by atoms with E-state index in [0.29, 0.717) is 19.6 Å². The number of nitrogens with zero attached hydrogens (tertiary/aromatic N) is 1. The van der Waals surface area contributed by atoms with E-state index >= 15 is 0 Å². The third kappa shape index (κ3) is 6.91. The number of nitrogens with one attached hydrogen (secondary N) is 1. The van der Waals surface area contributed by atoms with E-state index in [0.717, 1.165) is 6.42 Å². The van der Waals surface area contributed by atoms with Crippen molar-refractivity contribution >= 4 is 5.91 Å². The Morgan fingerprint density at radius 3 is 2.32 bits per heavy atom. The molecule has 0 aliphatic carbocycles. The summed E-state index contributed by atoms with van der Waals surface area (Å²) in [5, 5.41) is 20.5. The second-order valence-electron chi connectivity index (χ2n) is 4.31. The standard InChI is InChI=1S/C14H22N2O3/c17-10-8-16(9-11-18)12-14(19)15-7-6-13-4-2-1-3-5-13/h1-5,17-18H,6-12H2,(H,15,19). The van der Waals surface area contributed by atoms with Crippen LogP contribution in [-0.2, 0) is 11.2 Å². The monoisotopic (exact) mass is 266 g/mol. The number of carbonyl (C=O) groups is 1. The largest absolute Gasteiger partial charge is 0.395 e. The van der Waals surface area contributed by atoms with Gasteiger partial charge in [0.1, 0.15) is 0 Å². The van der Waals surface area contributed by atoms with Gasteiger partial charge in [0.25, 0.3) is 0 Å². The molecule has 1 aromatic rings. The minimum absolute atomic E-state index is 0.0166. The number of amides is 1. The van der Waals surface area contributed by atoms with E-state index in [1.165, 1.54) is 5.56 Å². The van der Waals surface area contributed by atoms with Crippen LogP contribution in [0.4, 0.5) is 0 Å². The molecule has 0 radical (unpaired) electrons. The lowest BCUT2D eigenvalue weighted by molar-refractivity contribution is -0.122. The summed E-state index contributed by atoms with van der Waals surface area (Å²) in [5.74, 6) is -0.0853. The van der Waals surface area contributed by atoms with Crippen LogP contribution >= 0.6 is 0 Å². The highest BCUT2D eigenvalue weighted by molar-refractivity contribution is 5.78. The first kappa shape index (κ1) is 15.6. The molecule has 106 valence electrons. The Labute approximate surface area is 113 Å². The molecule has 0 saturated carbocycles. The van der Waals surface area contributed by atoms with Crippen LogP contribution in [-0.4, -0.2) is 60.4 Å². The summed E-state index contributed by atoms with van der Waals surface area (Å²) in [4.78, 5) is 13.4. The third-order valence-electron chi connectivity index (χ3n) is 2.78. The molecule has 3 N–H and O–H groups in total. The smallest absolute Gasteiger partial charge is 0.234 e. The molecule has 0 aliphatic rings. The summed E-state index contributed by atoms with van der Waals surface area (Å²) in [7, 11) is 0. The normalized spacial score (nSPS) is 10.7. The summed E-state index contributed by atoms with van der Waals surface area (Å²) in [6.07, 6.45) is 0.798. The molecule has 19 heavy (non-hydrogen) atoms. The van der Waals surface area contributed by atoms with Gasteiger partial charge in [-0.15, -0.1) is 0 Å². The van der Waals surface area contributed by atoms with Crippen LogP contribution in [0.3, 0.4) is 0 Å². The van der Waals surface area contributed by atoms with Gasteiger partial charge in [-0.1, -0.05) is 30.3 Å². The van der Waals surface area contributed by atoms with Crippen molar-refractivity contribution < 1.29 is 15.0 Å². The fourth-order valence-electron chi connectivity index (χ4n) is 1.80. The van der Waals surface area contributed by atoms with Crippen molar-refractivity contribution in [2.24, 2.45) is 0 Å². The zero-order chi connectivity index (χ0) is 13.9. The van der Waals surface area contributed by atoms with Crippen molar-refractivity contribution in [2.75, 3.05) is 39.4 Å². The van der Waals surface area contributed by atoms with Crippen molar-refractivity contribution in [1.29, 1.82) is 0 Å². The highest BCUT2D eigenvalue weighted by atomic mass is 16.3. The van der Waals surface area contributed by atoms with Gasteiger partial charge in [-0.2, -0.15) is 0 Å². The summed E-state index contributed by atoms with van der Waals surface area (Å²) in [5.41, 5.74) is 1.19. The van der Waals surface area contributed by atoms with Crippen molar-refractivity contribution in [3.8, 4) is 0 Å². The molecule has 1 aromatic carbocycles. The highest BCUT2D eigenvalue weighted by Crippen LogP contribution is 1.98. The second-order valence-corrected chi connectivity index (χ2v) is 4.31. The average molecular weight is 266 g/mol. The SMILES string of the molecule is O=C(CN(CCO)CCO)NCCc1ccccc1. The van der Waals surface area contributed by atoms with E-state index in [9.17, 15) is 4.79 Å². The molecule has 0 atom stereocenters. The number of hydrogen-bond donors (Lipinski definition) is 3. The number of hydrogen-bond acceptors (Lipinski definition) is 4. The zero-order valence-corrected chi connectivity index (χ0v) is 11.1. The number of carbonyl (C=O) groups excluding carboxylic acids is 1. The highest BCUT2D eigenvalue weighted by Gasteiger charge is 2.09. The molecule has 5 nitrogen and oxygen atoms in total. The van der Waals surface area contributed by atoms with Gasteiger partial charge in [0, 0.05) is 19.6 Å². The minimum atomic E-state index is -0.0853. The van der Waals surface area contributed by atoms with Crippen molar-refractivity contribution in [3.05, 3.63) is 35.9 Å². The first-order chi connectivity index (χ1) is 9.26. The van der Waals surface area contributed by atoms with E-state index in [4.69, 9.17) is 10.2 Å². The van der Waals surface area contributed by atoms with Gasteiger partial charge < -0.3 is 15.5 Å². The fourth-order valence-corrected chi connectivity index (χ4v) is 1.80. The van der Waals surface area contributed by atoms with Crippen molar-refractivity contribution in [1.82, 2.24) is 10.2 Å². The molecule has 0 fully saturated rings. The molecular formula is C14H22N2O3. The summed E-state index contributed by atoms with van der Waals surface area (Å²) < 4.78 is 0. The fraction of sp³-hybridized carbons (Fsp3) is 0.500. The Hall–Kier alpha value is -1.43. The van der Waals surface area contributed by atoms with Gasteiger partial charge in [-0.3, -0.25) is 9.69 Å². The predicted molar refractivity (Wildman–Crippen MR) is 73.8 cm³/mol. The average Bonchev–Trinajstić information content (AvgIpc) is 2.40. The maximum absolute atomic E-state index is 11.7. The Morgan fingerprint density at radius 1 is 1.11 bits per heavy atom. The van der Waals surface area contributed by atoms with Gasteiger partial charge in [-0.05, 0) is 12.0 Å². The lowest BCUT2D eigenvalue weighted by Gasteiger charge is -2.19. The molecule has 1 amide bonds. The lowest BCUT2D eigenvalue weighted by atomic mass is 10.1. The number of aliphatic hydroxyl groups is 2. The van der Waals surface area contributed by atoms with Crippen LogP contribution in [0.15, 0.2) is 30.3 Å². The van der Waals surface area contributed by atoms with Gasteiger partial charge in [-0.25, -0.2) is 0 Å². The van der Waals surface area contributed by atoms with Crippen molar-refractivity contribution in [2.45, 2.75) is 6.42 Å². The Bertz CT molecular complexity index is 351. The summed E-state index contributed by atoms with van der Waals surface area (Å²) in [6, 6.07) is 9.96. The van der Waals surface area contributed by atoms with Crippen LogP contribution in [0.5, 0.6) is 0 Å². The van der Waals surface area contributed by atoms with E-state index in [-0.39, 0.29) is 25.7 Å². The van der Waals surface area contributed by atoms with E-state index in [1.54, 1.807) is 4.90 Å². The van der Waals surface area contributed by atoms with Crippen molar-refractivity contribution in [3.63, 3.8) is 0 Å². The van der Waals surface area contributed by atoms with Crippen LogP contribution in [0, 0.1) is 0 Å². The Morgan fingerprint density at radius 2 is 1.74 bits per heavy atom.